The van der Waals surface area contributed by atoms with Gasteiger partial charge in [-0.3, -0.25) is 9.67 Å². The highest BCUT2D eigenvalue weighted by Gasteiger charge is 2.02. The van der Waals surface area contributed by atoms with Crippen LogP contribution >= 0.6 is 11.6 Å². The Morgan fingerprint density at radius 1 is 1.31 bits per heavy atom. The molecule has 0 fully saturated rings. The summed E-state index contributed by atoms with van der Waals surface area (Å²) in [5.41, 5.74) is 1.85. The highest BCUT2D eigenvalue weighted by atomic mass is 35.5. The third kappa shape index (κ3) is 2.79. The molecule has 84 valence electrons. The maximum absolute atomic E-state index is 5.62. The molecule has 16 heavy (non-hydrogen) atoms. The van der Waals surface area contributed by atoms with Crippen LogP contribution in [0.15, 0.2) is 30.7 Å². The number of hydrogen-bond acceptors (Lipinski definition) is 3. The molecule has 0 amide bonds. The minimum Gasteiger partial charge on any atom is -0.264 e. The van der Waals surface area contributed by atoms with E-state index in [9.17, 15) is 0 Å². The van der Waals surface area contributed by atoms with Crippen molar-refractivity contribution in [2.45, 2.75) is 19.4 Å². The highest BCUT2D eigenvalue weighted by Crippen LogP contribution is 2.13. The van der Waals surface area contributed by atoms with E-state index in [0.717, 1.165) is 30.6 Å². The summed E-state index contributed by atoms with van der Waals surface area (Å²) in [6.45, 7) is 0.861. The molecule has 0 aliphatic rings. The van der Waals surface area contributed by atoms with Crippen LogP contribution in [0.4, 0.5) is 0 Å². The molecule has 5 heteroatoms. The Morgan fingerprint density at radius 2 is 2.25 bits per heavy atom. The van der Waals surface area contributed by atoms with E-state index in [1.165, 1.54) is 0 Å². The molecule has 2 heterocycles. The van der Waals surface area contributed by atoms with E-state index in [0.29, 0.717) is 5.88 Å². The average Bonchev–Trinajstić information content (AvgIpc) is 2.79. The second-order valence-corrected chi connectivity index (χ2v) is 3.88. The fraction of sp³-hybridized carbons (Fsp3) is 0.364. The molecule has 0 aliphatic heterocycles. The smallest absolute Gasteiger partial charge is 0.114 e. The van der Waals surface area contributed by atoms with Crippen molar-refractivity contribution in [3.05, 3.63) is 30.7 Å². The zero-order chi connectivity index (χ0) is 11.2. The van der Waals surface area contributed by atoms with Crippen molar-refractivity contribution >= 4 is 11.6 Å². The Labute approximate surface area is 99.3 Å². The molecule has 4 nitrogen and oxygen atoms in total. The van der Waals surface area contributed by atoms with Crippen LogP contribution < -0.4 is 0 Å². The monoisotopic (exact) mass is 236 g/mol. The van der Waals surface area contributed by atoms with E-state index >= 15 is 0 Å². The molecule has 0 unspecified atom stereocenters. The maximum atomic E-state index is 5.62. The SMILES string of the molecule is ClCCCCn1cc(-c2cccnc2)nn1. The van der Waals surface area contributed by atoms with Gasteiger partial charge in [0.25, 0.3) is 0 Å². The molecule has 0 aliphatic carbocycles. The number of hydrogen-bond donors (Lipinski definition) is 0. The maximum Gasteiger partial charge on any atom is 0.114 e. The topological polar surface area (TPSA) is 43.6 Å². The van der Waals surface area contributed by atoms with Crippen molar-refractivity contribution in [3.63, 3.8) is 0 Å². The minimum atomic E-state index is 0.699. The molecule has 0 atom stereocenters. The second-order valence-electron chi connectivity index (χ2n) is 3.50. The number of alkyl halides is 1. The first-order chi connectivity index (χ1) is 7.90. The molecule has 2 aromatic heterocycles. The summed E-state index contributed by atoms with van der Waals surface area (Å²) in [5, 5.41) is 8.17. The van der Waals surface area contributed by atoms with Gasteiger partial charge in [-0.15, -0.1) is 16.7 Å². The van der Waals surface area contributed by atoms with Crippen molar-refractivity contribution < 1.29 is 0 Å². The predicted molar refractivity (Wildman–Crippen MR) is 63.2 cm³/mol. The standard InChI is InChI=1S/C11H13ClN4/c12-5-1-2-7-16-9-11(14-15-16)10-4-3-6-13-8-10/h3-4,6,8-9H,1-2,5,7H2. The van der Waals surface area contributed by atoms with Crippen LogP contribution in [0.5, 0.6) is 0 Å². The van der Waals surface area contributed by atoms with Crippen molar-refractivity contribution in [1.29, 1.82) is 0 Å². The van der Waals surface area contributed by atoms with Crippen LogP contribution in [0.2, 0.25) is 0 Å². The van der Waals surface area contributed by atoms with Crippen molar-refractivity contribution in [1.82, 2.24) is 20.0 Å². The van der Waals surface area contributed by atoms with Crippen LogP contribution in [0.3, 0.4) is 0 Å². The van der Waals surface area contributed by atoms with Crippen molar-refractivity contribution in [2.24, 2.45) is 0 Å². The van der Waals surface area contributed by atoms with Gasteiger partial charge < -0.3 is 0 Å². The largest absolute Gasteiger partial charge is 0.264 e. The first-order valence-electron chi connectivity index (χ1n) is 5.26. The van der Waals surface area contributed by atoms with Crippen LogP contribution in [0.1, 0.15) is 12.8 Å². The van der Waals surface area contributed by atoms with E-state index in [2.05, 4.69) is 15.3 Å². The number of pyridine rings is 1. The molecule has 0 saturated carbocycles. The first kappa shape index (κ1) is 11.1. The highest BCUT2D eigenvalue weighted by molar-refractivity contribution is 6.17. The lowest BCUT2D eigenvalue weighted by Crippen LogP contribution is -1.98. The van der Waals surface area contributed by atoms with E-state index in [-0.39, 0.29) is 0 Å². The van der Waals surface area contributed by atoms with Crippen LogP contribution in [-0.2, 0) is 6.54 Å². The second kappa shape index (κ2) is 5.61. The quantitative estimate of drug-likeness (QED) is 0.591. The van der Waals surface area contributed by atoms with Gasteiger partial charge in [0.15, 0.2) is 0 Å². The Morgan fingerprint density at radius 3 is 3.00 bits per heavy atom. The molecule has 0 bridgehead atoms. The lowest BCUT2D eigenvalue weighted by atomic mass is 10.2. The van der Waals surface area contributed by atoms with Crippen LogP contribution in [0.25, 0.3) is 11.3 Å². The molecule has 0 saturated heterocycles. The number of nitrogens with zero attached hydrogens (tertiary/aromatic N) is 4. The summed E-state index contributed by atoms with van der Waals surface area (Å²) in [6.07, 6.45) is 7.50. The van der Waals surface area contributed by atoms with Gasteiger partial charge >= 0.3 is 0 Å². The summed E-state index contributed by atoms with van der Waals surface area (Å²) < 4.78 is 1.84. The molecule has 0 spiro atoms. The molecule has 0 aromatic carbocycles. The zero-order valence-electron chi connectivity index (χ0n) is 8.88. The van der Waals surface area contributed by atoms with Gasteiger partial charge in [-0.1, -0.05) is 5.21 Å². The van der Waals surface area contributed by atoms with Gasteiger partial charge in [-0.05, 0) is 25.0 Å². The Balaban J connectivity index is 2.02. The van der Waals surface area contributed by atoms with Gasteiger partial charge in [-0.2, -0.15) is 0 Å². The summed E-state index contributed by atoms with van der Waals surface area (Å²) in [4.78, 5) is 4.05. The third-order valence-corrected chi connectivity index (χ3v) is 2.53. The van der Waals surface area contributed by atoms with Gasteiger partial charge in [0, 0.05) is 30.4 Å². The molecular formula is C11H13ClN4. The molecule has 2 rings (SSSR count). The molecular weight excluding hydrogens is 224 g/mol. The average molecular weight is 237 g/mol. The van der Waals surface area contributed by atoms with E-state index in [4.69, 9.17) is 11.6 Å². The van der Waals surface area contributed by atoms with Gasteiger partial charge in [0.1, 0.15) is 5.69 Å². The van der Waals surface area contributed by atoms with Gasteiger partial charge in [-0.25, -0.2) is 0 Å². The summed E-state index contributed by atoms with van der Waals surface area (Å²) in [7, 11) is 0. The summed E-state index contributed by atoms with van der Waals surface area (Å²) in [5.74, 6) is 0.699. The number of rotatable bonds is 5. The van der Waals surface area contributed by atoms with Crippen molar-refractivity contribution in [2.75, 3.05) is 5.88 Å². The number of halogens is 1. The molecule has 2 aromatic rings. The zero-order valence-corrected chi connectivity index (χ0v) is 9.64. The molecule has 0 radical (unpaired) electrons. The lowest BCUT2D eigenvalue weighted by molar-refractivity contribution is 0.554. The summed E-state index contributed by atoms with van der Waals surface area (Å²) >= 11 is 5.62. The van der Waals surface area contributed by atoms with Crippen LogP contribution in [0, 0.1) is 0 Å². The number of aryl methyl sites for hydroxylation is 1. The van der Waals surface area contributed by atoms with E-state index in [1.807, 2.05) is 23.0 Å². The fourth-order valence-electron chi connectivity index (χ4n) is 1.42. The number of unbranched alkanes of at least 4 members (excludes halogenated alkanes) is 1. The minimum absolute atomic E-state index is 0.699. The molecule has 0 N–H and O–H groups in total. The van der Waals surface area contributed by atoms with Crippen molar-refractivity contribution in [3.8, 4) is 11.3 Å². The third-order valence-electron chi connectivity index (χ3n) is 2.27. The number of aromatic nitrogens is 4. The lowest BCUT2D eigenvalue weighted by Gasteiger charge is -1.97. The predicted octanol–water partition coefficient (Wildman–Crippen LogP) is 2.36. The van der Waals surface area contributed by atoms with E-state index < -0.39 is 0 Å². The first-order valence-corrected chi connectivity index (χ1v) is 5.80. The fourth-order valence-corrected chi connectivity index (χ4v) is 1.61. The summed E-state index contributed by atoms with van der Waals surface area (Å²) in [6, 6.07) is 3.86. The van der Waals surface area contributed by atoms with Crippen LogP contribution in [-0.4, -0.2) is 25.9 Å². The Hall–Kier alpha value is -1.42. The van der Waals surface area contributed by atoms with Gasteiger partial charge in [0.2, 0.25) is 0 Å². The van der Waals surface area contributed by atoms with E-state index in [1.54, 1.807) is 12.4 Å². The Bertz CT molecular complexity index is 427. The Kier molecular flexibility index (Phi) is 3.88. The van der Waals surface area contributed by atoms with Gasteiger partial charge in [0.05, 0.1) is 6.20 Å². The normalized spacial score (nSPS) is 10.6.